The minimum atomic E-state index is -4.00. The van der Waals surface area contributed by atoms with Crippen molar-refractivity contribution in [3.8, 4) is 17.2 Å². The zero-order valence-corrected chi connectivity index (χ0v) is 20.9. The minimum absolute atomic E-state index is 0.0260. The van der Waals surface area contributed by atoms with Crippen molar-refractivity contribution in [3.63, 3.8) is 0 Å². The van der Waals surface area contributed by atoms with Gasteiger partial charge in [0, 0.05) is 12.1 Å². The van der Waals surface area contributed by atoms with Crippen molar-refractivity contribution in [2.45, 2.75) is 50.0 Å². The van der Waals surface area contributed by atoms with Gasteiger partial charge in [0.25, 0.3) is 0 Å². The van der Waals surface area contributed by atoms with E-state index in [2.05, 4.69) is 10.0 Å². The van der Waals surface area contributed by atoms with Gasteiger partial charge in [-0.25, -0.2) is 8.42 Å². The summed E-state index contributed by atoms with van der Waals surface area (Å²) < 4.78 is 28.5. The molecular formula is C28H29N3O4S. The molecule has 186 valence electrons. The Morgan fingerprint density at radius 1 is 0.889 bits per heavy atom. The van der Waals surface area contributed by atoms with Gasteiger partial charge in [-0.2, -0.15) is 9.98 Å². The van der Waals surface area contributed by atoms with Gasteiger partial charge in [0.1, 0.15) is 11.8 Å². The summed E-state index contributed by atoms with van der Waals surface area (Å²) in [7, 11) is -4.00. The topological polar surface area (TPSA) is 116 Å². The lowest BCUT2D eigenvalue weighted by Crippen LogP contribution is -2.43. The number of Topliss-reactive ketones (excluding diaryl/α,β-unsaturated/α-hetero) is 1. The Bertz CT molecular complexity index is 1330. The van der Waals surface area contributed by atoms with E-state index in [1.807, 2.05) is 54.6 Å². The molecule has 0 spiro atoms. The normalized spacial score (nSPS) is 11.9. The molecule has 0 saturated carbocycles. The van der Waals surface area contributed by atoms with Crippen molar-refractivity contribution in [1.29, 1.82) is 5.26 Å². The maximum Gasteiger partial charge on any atom is 0.242 e. The third-order valence-corrected chi connectivity index (χ3v) is 7.15. The summed E-state index contributed by atoms with van der Waals surface area (Å²) >= 11 is 0. The number of anilines is 1. The van der Waals surface area contributed by atoms with Gasteiger partial charge in [-0.3, -0.25) is 4.79 Å². The Kier molecular flexibility index (Phi) is 9.51. The predicted molar refractivity (Wildman–Crippen MR) is 140 cm³/mol. The van der Waals surface area contributed by atoms with Gasteiger partial charge in [-0.1, -0.05) is 55.3 Å². The lowest BCUT2D eigenvalue weighted by molar-refractivity contribution is -0.118. The Balaban J connectivity index is 1.76. The van der Waals surface area contributed by atoms with Crippen LogP contribution in [0.3, 0.4) is 0 Å². The number of nitriles is 1. The first-order valence-corrected chi connectivity index (χ1v) is 13.2. The average molecular weight is 504 g/mol. The van der Waals surface area contributed by atoms with Gasteiger partial charge in [0.15, 0.2) is 0 Å². The van der Waals surface area contributed by atoms with Crippen molar-refractivity contribution in [2.75, 3.05) is 5.32 Å². The maximum atomic E-state index is 13.2. The molecule has 7 nitrogen and oxygen atoms in total. The Hall–Kier alpha value is -3.80. The summed E-state index contributed by atoms with van der Waals surface area (Å²) in [5.41, 5.74) is 2.82. The second kappa shape index (κ2) is 12.8. The fraction of sp³-hybridized carbons (Fsp3) is 0.250. The zero-order chi connectivity index (χ0) is 26.0. The van der Waals surface area contributed by atoms with E-state index >= 15 is 0 Å². The molecule has 3 aromatic rings. The van der Waals surface area contributed by atoms with Crippen LogP contribution in [0.15, 0.2) is 83.8 Å². The van der Waals surface area contributed by atoms with Crippen LogP contribution in [0.25, 0.3) is 11.1 Å². The molecule has 0 unspecified atom stereocenters. The number of benzene rings is 3. The molecule has 0 radical (unpaired) electrons. The van der Waals surface area contributed by atoms with Crippen molar-refractivity contribution in [3.05, 3.63) is 84.4 Å². The summed E-state index contributed by atoms with van der Waals surface area (Å²) in [5, 5.41) is 11.8. The summed E-state index contributed by atoms with van der Waals surface area (Å²) in [6.07, 6.45) is 2.69. The molecule has 2 N–H and O–H groups in total. The first kappa shape index (κ1) is 26.8. The second-order valence-electron chi connectivity index (χ2n) is 8.55. The van der Waals surface area contributed by atoms with Crippen LogP contribution in [0, 0.1) is 11.3 Å². The van der Waals surface area contributed by atoms with Gasteiger partial charge < -0.3 is 10.1 Å². The third-order valence-electron chi connectivity index (χ3n) is 5.67. The molecule has 0 heterocycles. The first-order valence-electron chi connectivity index (χ1n) is 11.8. The highest BCUT2D eigenvalue weighted by Crippen LogP contribution is 2.23. The fourth-order valence-corrected chi connectivity index (χ4v) is 4.97. The molecule has 8 heteroatoms. The number of sulfonamides is 1. The molecule has 1 atom stereocenters. The highest BCUT2D eigenvalue weighted by atomic mass is 32.2. The molecule has 36 heavy (non-hydrogen) atoms. The molecule has 0 aliphatic rings. The molecule has 0 aliphatic carbocycles. The Morgan fingerprint density at radius 2 is 1.58 bits per heavy atom. The average Bonchev–Trinajstić information content (AvgIpc) is 2.88. The molecule has 0 aromatic heterocycles. The molecule has 3 rings (SSSR count). The number of nitrogens with zero attached hydrogens (tertiary/aromatic N) is 1. The van der Waals surface area contributed by atoms with E-state index in [9.17, 15) is 18.0 Å². The summed E-state index contributed by atoms with van der Waals surface area (Å²) in [5.74, 6) is -0.367. The minimum Gasteiger partial charge on any atom is -0.325 e. The Labute approximate surface area is 212 Å². The summed E-state index contributed by atoms with van der Waals surface area (Å²) in [4.78, 5) is 24.4. The number of ketones is 1. The van der Waals surface area contributed by atoms with E-state index in [1.54, 1.807) is 6.07 Å². The smallest absolute Gasteiger partial charge is 0.242 e. The molecular weight excluding hydrogens is 474 g/mol. The van der Waals surface area contributed by atoms with Gasteiger partial charge >= 0.3 is 0 Å². The van der Waals surface area contributed by atoms with E-state index < -0.39 is 22.0 Å². The number of hydrogen-bond acceptors (Lipinski definition) is 5. The molecule has 3 aromatic carbocycles. The SMILES string of the molecule is CC(=O)CCCCC[C@H](NS(=O)(=O)c1ccc(C#N)cc1)C(=O)Nc1cccc(-c2ccccc2)c1. The Morgan fingerprint density at radius 3 is 2.25 bits per heavy atom. The number of carbonyl (C=O) groups is 2. The number of nitrogens with one attached hydrogen (secondary N) is 2. The second-order valence-corrected chi connectivity index (χ2v) is 10.3. The van der Waals surface area contributed by atoms with Gasteiger partial charge in [0.2, 0.25) is 15.9 Å². The highest BCUT2D eigenvalue weighted by molar-refractivity contribution is 7.89. The number of hydrogen-bond donors (Lipinski definition) is 2. The number of carbonyl (C=O) groups excluding carboxylic acids is 2. The van der Waals surface area contributed by atoms with Gasteiger partial charge in [-0.05, 0) is 67.3 Å². The van der Waals surface area contributed by atoms with Crippen molar-refractivity contribution < 1.29 is 18.0 Å². The quantitative estimate of drug-likeness (QED) is 0.336. The van der Waals surface area contributed by atoms with Gasteiger partial charge in [0.05, 0.1) is 16.5 Å². The van der Waals surface area contributed by atoms with E-state index in [4.69, 9.17) is 5.26 Å². The largest absolute Gasteiger partial charge is 0.325 e. The molecule has 0 saturated heterocycles. The third kappa shape index (κ3) is 7.87. The van der Waals surface area contributed by atoms with Crippen molar-refractivity contribution in [2.24, 2.45) is 0 Å². The monoisotopic (exact) mass is 503 g/mol. The molecule has 0 fully saturated rings. The van der Waals surface area contributed by atoms with E-state index in [1.165, 1.54) is 31.2 Å². The van der Waals surface area contributed by atoms with E-state index in [0.717, 1.165) is 11.1 Å². The number of amides is 1. The maximum absolute atomic E-state index is 13.2. The zero-order valence-electron chi connectivity index (χ0n) is 20.1. The van der Waals surface area contributed by atoms with Crippen LogP contribution in [0.2, 0.25) is 0 Å². The molecule has 0 aliphatic heterocycles. The van der Waals surface area contributed by atoms with Crippen LogP contribution in [0.4, 0.5) is 5.69 Å². The van der Waals surface area contributed by atoms with Crippen molar-refractivity contribution >= 4 is 27.4 Å². The van der Waals surface area contributed by atoms with Crippen LogP contribution in [-0.4, -0.2) is 26.2 Å². The first-order chi connectivity index (χ1) is 17.3. The predicted octanol–water partition coefficient (Wildman–Crippen LogP) is 5.05. The van der Waals surface area contributed by atoms with Crippen LogP contribution in [0.5, 0.6) is 0 Å². The molecule has 0 bridgehead atoms. The van der Waals surface area contributed by atoms with E-state index in [-0.39, 0.29) is 17.1 Å². The number of rotatable bonds is 12. The van der Waals surface area contributed by atoms with Crippen LogP contribution >= 0.6 is 0 Å². The van der Waals surface area contributed by atoms with Gasteiger partial charge in [-0.15, -0.1) is 0 Å². The molecule has 1 amide bonds. The van der Waals surface area contributed by atoms with E-state index in [0.29, 0.717) is 36.9 Å². The fourth-order valence-electron chi connectivity index (χ4n) is 3.74. The highest BCUT2D eigenvalue weighted by Gasteiger charge is 2.26. The van der Waals surface area contributed by atoms with Crippen LogP contribution in [0.1, 0.15) is 44.6 Å². The summed E-state index contributed by atoms with van der Waals surface area (Å²) in [6, 6.07) is 23.5. The van der Waals surface area contributed by atoms with Crippen LogP contribution in [-0.2, 0) is 19.6 Å². The lowest BCUT2D eigenvalue weighted by Gasteiger charge is -2.19. The standard InChI is InChI=1S/C28H29N3O4S/c1-21(32)9-4-2-7-14-27(31-36(34,35)26-17-15-22(20-29)16-18-26)28(33)30-25-13-8-12-24(19-25)23-10-5-3-6-11-23/h3,5-6,8,10-13,15-19,27,31H,2,4,7,9,14H2,1H3,(H,30,33)/t27-/m0/s1. The van der Waals surface area contributed by atoms with Crippen molar-refractivity contribution in [1.82, 2.24) is 4.72 Å². The lowest BCUT2D eigenvalue weighted by atomic mass is 10.0. The van der Waals surface area contributed by atoms with Crippen LogP contribution < -0.4 is 10.0 Å². The number of unbranched alkanes of at least 4 members (excludes halogenated alkanes) is 2. The summed E-state index contributed by atoms with van der Waals surface area (Å²) in [6.45, 7) is 1.53.